The van der Waals surface area contributed by atoms with E-state index in [1.807, 2.05) is 0 Å². The molecule has 2 unspecified atom stereocenters. The maximum Gasteiger partial charge on any atom is 0.241 e. The average molecular weight is 532 g/mol. The lowest BCUT2D eigenvalue weighted by Crippen LogP contribution is -2.51. The fourth-order valence-electron chi connectivity index (χ4n) is 3.49. The standard InChI is InChI=1S/C24H33N7O5S/c1-31(15-22(33)29-20(16-32)10-6-12-28-24(25)26)23(34)21(13-19-9-5-11-27-14-19)30-37(35,36)17-18-7-3-2-4-8-18/h2-5,7-9,11,14,16,20-21,30H,6,10,12-13,15,17H2,1H3,(H,29,33)(H4,25,26,28). The number of likely N-dealkylation sites (N-methyl/N-ethyl adjacent to an activating group) is 1. The molecule has 0 radical (unpaired) electrons. The van der Waals surface area contributed by atoms with Gasteiger partial charge in [0.25, 0.3) is 0 Å². The second-order valence-corrected chi connectivity index (χ2v) is 10.2. The quantitative estimate of drug-likeness (QED) is 0.100. The van der Waals surface area contributed by atoms with Crippen LogP contribution >= 0.6 is 0 Å². The molecule has 2 aromatic rings. The molecule has 0 fully saturated rings. The third-order valence-electron chi connectivity index (χ3n) is 5.22. The first kappa shape index (κ1) is 29.4. The molecule has 2 amide bonds. The third-order valence-corrected chi connectivity index (χ3v) is 6.57. The number of hydrogen-bond acceptors (Lipinski definition) is 7. The topological polar surface area (TPSA) is 190 Å². The summed E-state index contributed by atoms with van der Waals surface area (Å²) in [6, 6.07) is 10.0. The van der Waals surface area contributed by atoms with E-state index in [-0.39, 0.29) is 24.7 Å². The summed E-state index contributed by atoms with van der Waals surface area (Å²) in [5.74, 6) is -1.55. The van der Waals surface area contributed by atoms with Gasteiger partial charge in [0.05, 0.1) is 18.3 Å². The molecule has 1 heterocycles. The monoisotopic (exact) mass is 531 g/mol. The van der Waals surface area contributed by atoms with E-state index in [0.29, 0.717) is 36.8 Å². The zero-order chi connectivity index (χ0) is 27.3. The smallest absolute Gasteiger partial charge is 0.241 e. The highest BCUT2D eigenvalue weighted by atomic mass is 32.2. The molecule has 2 atom stereocenters. The van der Waals surface area contributed by atoms with Crippen LogP contribution < -0.4 is 21.5 Å². The molecule has 200 valence electrons. The molecular weight excluding hydrogens is 498 g/mol. The number of rotatable bonds is 15. The summed E-state index contributed by atoms with van der Waals surface area (Å²) in [7, 11) is -2.51. The normalized spacial score (nSPS) is 12.7. The number of aldehydes is 1. The van der Waals surface area contributed by atoms with E-state index >= 15 is 0 Å². The molecule has 1 aromatic heterocycles. The zero-order valence-electron chi connectivity index (χ0n) is 20.6. The van der Waals surface area contributed by atoms with E-state index < -0.39 is 33.9 Å². The van der Waals surface area contributed by atoms with E-state index in [4.69, 9.17) is 11.5 Å². The average Bonchev–Trinajstić information content (AvgIpc) is 2.85. The van der Waals surface area contributed by atoms with Crippen LogP contribution in [-0.4, -0.2) is 74.6 Å². The summed E-state index contributed by atoms with van der Waals surface area (Å²) in [6.45, 7) is -0.0683. The largest absolute Gasteiger partial charge is 0.370 e. The Kier molecular flexibility index (Phi) is 11.6. The molecule has 0 aliphatic rings. The van der Waals surface area contributed by atoms with Gasteiger partial charge in [0, 0.05) is 26.0 Å². The van der Waals surface area contributed by atoms with Crippen molar-refractivity contribution in [3.05, 3.63) is 66.0 Å². The Bertz CT molecular complexity index is 1160. The van der Waals surface area contributed by atoms with Crippen molar-refractivity contribution in [3.8, 4) is 0 Å². The van der Waals surface area contributed by atoms with Gasteiger partial charge in [-0.2, -0.15) is 0 Å². The Labute approximate surface area is 216 Å². The summed E-state index contributed by atoms with van der Waals surface area (Å²) >= 11 is 0. The maximum absolute atomic E-state index is 13.2. The molecule has 13 heteroatoms. The number of carbonyl (C=O) groups is 3. The lowest BCUT2D eigenvalue weighted by Gasteiger charge is -2.25. The van der Waals surface area contributed by atoms with Crippen LogP contribution in [0.4, 0.5) is 0 Å². The lowest BCUT2D eigenvalue weighted by atomic mass is 10.1. The first-order valence-electron chi connectivity index (χ1n) is 11.6. The van der Waals surface area contributed by atoms with Gasteiger partial charge in [-0.1, -0.05) is 36.4 Å². The van der Waals surface area contributed by atoms with Gasteiger partial charge in [0.15, 0.2) is 5.96 Å². The summed E-state index contributed by atoms with van der Waals surface area (Å²) in [6.07, 6.45) is 4.51. The van der Waals surface area contributed by atoms with Gasteiger partial charge >= 0.3 is 0 Å². The van der Waals surface area contributed by atoms with Crippen molar-refractivity contribution in [1.29, 1.82) is 0 Å². The minimum Gasteiger partial charge on any atom is -0.370 e. The number of nitrogens with one attached hydrogen (secondary N) is 2. The van der Waals surface area contributed by atoms with E-state index in [1.165, 1.54) is 13.2 Å². The van der Waals surface area contributed by atoms with Crippen molar-refractivity contribution in [1.82, 2.24) is 19.9 Å². The second-order valence-electron chi connectivity index (χ2n) is 8.43. The second kappa shape index (κ2) is 14.7. The van der Waals surface area contributed by atoms with Gasteiger partial charge in [-0.15, -0.1) is 0 Å². The zero-order valence-corrected chi connectivity index (χ0v) is 21.4. The number of carbonyl (C=O) groups excluding carboxylic acids is 3. The molecule has 6 N–H and O–H groups in total. The molecule has 0 aliphatic carbocycles. The molecule has 0 spiro atoms. The summed E-state index contributed by atoms with van der Waals surface area (Å²) in [5.41, 5.74) is 11.7. The summed E-state index contributed by atoms with van der Waals surface area (Å²) in [5, 5.41) is 2.55. The number of aromatic nitrogens is 1. The third kappa shape index (κ3) is 11.2. The van der Waals surface area contributed by atoms with E-state index in [0.717, 1.165) is 4.90 Å². The van der Waals surface area contributed by atoms with Gasteiger partial charge in [0.1, 0.15) is 12.3 Å². The van der Waals surface area contributed by atoms with Gasteiger partial charge < -0.3 is 26.5 Å². The fraction of sp³-hybridized carbons (Fsp3) is 0.375. The van der Waals surface area contributed by atoms with Crippen LogP contribution in [0.3, 0.4) is 0 Å². The molecule has 37 heavy (non-hydrogen) atoms. The lowest BCUT2D eigenvalue weighted by molar-refractivity contribution is -0.136. The number of amides is 2. The van der Waals surface area contributed by atoms with Crippen LogP contribution in [0, 0.1) is 0 Å². The number of nitrogens with two attached hydrogens (primary N) is 2. The van der Waals surface area contributed by atoms with Crippen molar-refractivity contribution in [2.75, 3.05) is 20.1 Å². The number of sulfonamides is 1. The molecule has 0 bridgehead atoms. The number of nitrogens with zero attached hydrogens (tertiary/aromatic N) is 3. The van der Waals surface area contributed by atoms with Gasteiger partial charge in [0.2, 0.25) is 21.8 Å². The Morgan fingerprint density at radius 3 is 2.46 bits per heavy atom. The summed E-state index contributed by atoms with van der Waals surface area (Å²) < 4.78 is 28.2. The van der Waals surface area contributed by atoms with Gasteiger partial charge in [-0.25, -0.2) is 13.1 Å². The van der Waals surface area contributed by atoms with Crippen LogP contribution in [0.1, 0.15) is 24.0 Å². The number of guanidine groups is 1. The highest BCUT2D eigenvalue weighted by Crippen LogP contribution is 2.10. The molecule has 12 nitrogen and oxygen atoms in total. The molecule has 0 saturated carbocycles. The van der Waals surface area contributed by atoms with Crippen molar-refractivity contribution in [2.24, 2.45) is 16.5 Å². The number of hydrogen-bond donors (Lipinski definition) is 4. The molecule has 0 aliphatic heterocycles. The Hall–Kier alpha value is -3.84. The van der Waals surface area contributed by atoms with Crippen molar-refractivity contribution in [2.45, 2.75) is 37.1 Å². The Morgan fingerprint density at radius 2 is 1.84 bits per heavy atom. The van der Waals surface area contributed by atoms with Crippen molar-refractivity contribution >= 4 is 34.1 Å². The molecule has 0 saturated heterocycles. The van der Waals surface area contributed by atoms with E-state index in [9.17, 15) is 22.8 Å². The van der Waals surface area contributed by atoms with E-state index in [1.54, 1.807) is 48.7 Å². The van der Waals surface area contributed by atoms with Crippen LogP contribution in [-0.2, 0) is 36.6 Å². The van der Waals surface area contributed by atoms with Crippen LogP contribution in [0.5, 0.6) is 0 Å². The maximum atomic E-state index is 13.2. The predicted octanol–water partition coefficient (Wildman–Crippen LogP) is -0.692. The predicted molar refractivity (Wildman–Crippen MR) is 139 cm³/mol. The van der Waals surface area contributed by atoms with Crippen LogP contribution in [0.15, 0.2) is 59.9 Å². The molecule has 1 aromatic carbocycles. The Morgan fingerprint density at radius 1 is 1.14 bits per heavy atom. The highest BCUT2D eigenvalue weighted by molar-refractivity contribution is 7.88. The first-order valence-corrected chi connectivity index (χ1v) is 13.2. The summed E-state index contributed by atoms with van der Waals surface area (Å²) in [4.78, 5) is 46.0. The number of pyridine rings is 1. The fourth-order valence-corrected chi connectivity index (χ4v) is 4.82. The number of aliphatic imine (C=N–C) groups is 1. The van der Waals surface area contributed by atoms with Crippen molar-refractivity contribution in [3.63, 3.8) is 0 Å². The van der Waals surface area contributed by atoms with Crippen LogP contribution in [0.2, 0.25) is 0 Å². The minimum atomic E-state index is -3.90. The SMILES string of the molecule is CN(CC(=O)NC(C=O)CCCN=C(N)N)C(=O)C(Cc1cccnc1)NS(=O)(=O)Cc1ccccc1. The van der Waals surface area contributed by atoms with Gasteiger partial charge in [-0.05, 0) is 36.5 Å². The molecule has 2 rings (SSSR count). The Balaban J connectivity index is 2.05. The van der Waals surface area contributed by atoms with Gasteiger partial charge in [-0.3, -0.25) is 19.6 Å². The van der Waals surface area contributed by atoms with Crippen LogP contribution in [0.25, 0.3) is 0 Å². The van der Waals surface area contributed by atoms with Crippen molar-refractivity contribution < 1.29 is 22.8 Å². The minimum absolute atomic E-state index is 0.0361. The van der Waals surface area contributed by atoms with E-state index in [2.05, 4.69) is 20.0 Å². The highest BCUT2D eigenvalue weighted by Gasteiger charge is 2.28. The molecular formula is C24H33N7O5S. The first-order chi connectivity index (χ1) is 17.6. The number of benzene rings is 1.